The number of nitrogens with one attached hydrogen (secondary N) is 1. The van der Waals surface area contributed by atoms with E-state index in [0.29, 0.717) is 6.04 Å². The Morgan fingerprint density at radius 1 is 1.20 bits per heavy atom. The van der Waals surface area contributed by atoms with Gasteiger partial charge >= 0.3 is 0 Å². The first-order valence-electron chi connectivity index (χ1n) is 7.79. The summed E-state index contributed by atoms with van der Waals surface area (Å²) >= 11 is 0. The minimum atomic E-state index is 0.715. The van der Waals surface area contributed by atoms with Crippen LogP contribution in [0.1, 0.15) is 24.4 Å². The van der Waals surface area contributed by atoms with Gasteiger partial charge in [-0.15, -0.1) is 0 Å². The molecule has 1 saturated carbocycles. The molecule has 0 radical (unpaired) electrons. The smallest absolute Gasteiger partial charge is 0.0960 e. The lowest BCUT2D eigenvalue weighted by molar-refractivity contribution is 0.244. The first-order valence-corrected chi connectivity index (χ1v) is 7.79. The van der Waals surface area contributed by atoms with Crippen LogP contribution in [0.4, 0.5) is 0 Å². The average Bonchev–Trinajstić information content (AvgIpc) is 3.26. The van der Waals surface area contributed by atoms with E-state index in [1.807, 2.05) is 6.33 Å². The van der Waals surface area contributed by atoms with Crippen LogP contribution in [0.25, 0.3) is 11.0 Å². The van der Waals surface area contributed by atoms with Crippen molar-refractivity contribution < 1.29 is 0 Å². The molecule has 2 aliphatic rings. The van der Waals surface area contributed by atoms with Crippen LogP contribution in [0.5, 0.6) is 0 Å². The molecule has 106 valence electrons. The molecule has 1 aromatic heterocycles. The fourth-order valence-corrected chi connectivity index (χ4v) is 3.10. The first kappa shape index (κ1) is 12.4. The van der Waals surface area contributed by atoms with E-state index < -0.39 is 0 Å². The highest BCUT2D eigenvalue weighted by Crippen LogP contribution is 2.37. The van der Waals surface area contributed by atoms with Gasteiger partial charge in [-0.25, -0.2) is 4.98 Å². The molecular weight excluding hydrogens is 248 g/mol. The van der Waals surface area contributed by atoms with Crippen molar-refractivity contribution in [3.8, 4) is 0 Å². The van der Waals surface area contributed by atoms with E-state index in [1.54, 1.807) is 0 Å². The average molecular weight is 270 g/mol. The van der Waals surface area contributed by atoms with Gasteiger partial charge in [0.1, 0.15) is 0 Å². The predicted molar refractivity (Wildman–Crippen MR) is 81.0 cm³/mol. The summed E-state index contributed by atoms with van der Waals surface area (Å²) < 4.78 is 2.34. The van der Waals surface area contributed by atoms with Crippen molar-refractivity contribution in [1.29, 1.82) is 0 Å². The van der Waals surface area contributed by atoms with Gasteiger partial charge in [0.05, 0.1) is 17.4 Å². The van der Waals surface area contributed by atoms with E-state index in [2.05, 4.69) is 38.0 Å². The summed E-state index contributed by atoms with van der Waals surface area (Å²) in [6, 6.07) is 7.53. The molecule has 4 nitrogen and oxygen atoms in total. The third kappa shape index (κ3) is 2.45. The molecule has 0 amide bonds. The predicted octanol–water partition coefficient (Wildman–Crippen LogP) is 1.82. The first-order chi connectivity index (χ1) is 9.90. The van der Waals surface area contributed by atoms with Crippen molar-refractivity contribution in [1.82, 2.24) is 19.8 Å². The van der Waals surface area contributed by atoms with E-state index in [0.717, 1.165) is 31.6 Å². The van der Waals surface area contributed by atoms with Gasteiger partial charge in [0.2, 0.25) is 0 Å². The normalized spacial score (nSPS) is 20.6. The Morgan fingerprint density at radius 3 is 2.85 bits per heavy atom. The maximum atomic E-state index is 4.57. The number of rotatable bonds is 4. The summed E-state index contributed by atoms with van der Waals surface area (Å²) in [5.74, 6) is 0. The Hall–Kier alpha value is -1.39. The summed E-state index contributed by atoms with van der Waals surface area (Å²) in [6.45, 7) is 5.78. The van der Waals surface area contributed by atoms with Crippen molar-refractivity contribution in [3.05, 3.63) is 30.1 Å². The second kappa shape index (κ2) is 5.19. The quantitative estimate of drug-likeness (QED) is 0.920. The van der Waals surface area contributed by atoms with E-state index in [9.17, 15) is 0 Å². The molecule has 1 saturated heterocycles. The zero-order valence-corrected chi connectivity index (χ0v) is 11.9. The lowest BCUT2D eigenvalue weighted by Crippen LogP contribution is -2.44. The van der Waals surface area contributed by atoms with Crippen LogP contribution in [0, 0.1) is 0 Å². The van der Waals surface area contributed by atoms with Crippen LogP contribution < -0.4 is 5.32 Å². The third-order valence-corrected chi connectivity index (χ3v) is 4.51. The molecule has 2 heterocycles. The Balaban J connectivity index is 1.46. The Morgan fingerprint density at radius 2 is 2.05 bits per heavy atom. The summed E-state index contributed by atoms with van der Waals surface area (Å²) in [5.41, 5.74) is 3.88. The SMILES string of the molecule is c1cc2c(cc1CCN1CCNCC1)ncn2C1CC1. The van der Waals surface area contributed by atoms with Crippen molar-refractivity contribution in [3.63, 3.8) is 0 Å². The summed E-state index contributed by atoms with van der Waals surface area (Å²) in [4.78, 5) is 7.12. The van der Waals surface area contributed by atoms with Gasteiger partial charge in [-0.3, -0.25) is 0 Å². The lowest BCUT2D eigenvalue weighted by atomic mass is 10.1. The number of piperazine rings is 1. The van der Waals surface area contributed by atoms with Gasteiger partial charge < -0.3 is 14.8 Å². The van der Waals surface area contributed by atoms with Crippen molar-refractivity contribution in [2.75, 3.05) is 32.7 Å². The molecule has 1 N–H and O–H groups in total. The maximum absolute atomic E-state index is 4.57. The topological polar surface area (TPSA) is 33.1 Å². The second-order valence-electron chi connectivity index (χ2n) is 6.05. The van der Waals surface area contributed by atoms with E-state index in [1.165, 1.54) is 37.0 Å². The molecule has 0 bridgehead atoms. The van der Waals surface area contributed by atoms with Gasteiger partial charge in [-0.1, -0.05) is 6.07 Å². The van der Waals surface area contributed by atoms with Crippen molar-refractivity contribution >= 4 is 11.0 Å². The van der Waals surface area contributed by atoms with Gasteiger partial charge in [0, 0.05) is 38.8 Å². The Bertz CT molecular complexity index is 594. The molecule has 2 fully saturated rings. The highest BCUT2D eigenvalue weighted by atomic mass is 15.2. The molecule has 1 aliphatic heterocycles. The van der Waals surface area contributed by atoms with Crippen LogP contribution in [-0.2, 0) is 6.42 Å². The molecule has 0 spiro atoms. The summed E-state index contributed by atoms with van der Waals surface area (Å²) in [6.07, 6.45) is 5.78. The Labute approximate surface area is 119 Å². The molecule has 2 aromatic rings. The molecule has 4 heteroatoms. The van der Waals surface area contributed by atoms with Gasteiger partial charge in [-0.05, 0) is 37.0 Å². The maximum Gasteiger partial charge on any atom is 0.0960 e. The zero-order chi connectivity index (χ0) is 13.4. The lowest BCUT2D eigenvalue weighted by Gasteiger charge is -2.27. The van der Waals surface area contributed by atoms with Crippen molar-refractivity contribution in [2.24, 2.45) is 0 Å². The monoisotopic (exact) mass is 270 g/mol. The number of aromatic nitrogens is 2. The minimum Gasteiger partial charge on any atom is -0.327 e. The number of nitrogens with zero attached hydrogens (tertiary/aromatic N) is 3. The largest absolute Gasteiger partial charge is 0.327 e. The fourth-order valence-electron chi connectivity index (χ4n) is 3.10. The Kier molecular flexibility index (Phi) is 3.20. The van der Waals surface area contributed by atoms with Crippen LogP contribution in [0.15, 0.2) is 24.5 Å². The number of benzene rings is 1. The summed E-state index contributed by atoms with van der Waals surface area (Å²) in [5, 5.41) is 3.40. The van der Waals surface area contributed by atoms with Gasteiger partial charge in [-0.2, -0.15) is 0 Å². The van der Waals surface area contributed by atoms with Crippen LogP contribution in [-0.4, -0.2) is 47.2 Å². The second-order valence-corrected chi connectivity index (χ2v) is 6.05. The standard InChI is InChI=1S/C16H22N4/c1-4-16-15(18-12-20(16)14-2-3-14)11-13(1)5-8-19-9-6-17-7-10-19/h1,4,11-12,14,17H,2-3,5-10H2. The number of imidazole rings is 1. The fraction of sp³-hybridized carbons (Fsp3) is 0.562. The van der Waals surface area contributed by atoms with Crippen molar-refractivity contribution in [2.45, 2.75) is 25.3 Å². The van der Waals surface area contributed by atoms with Crippen LogP contribution in [0.3, 0.4) is 0 Å². The molecule has 0 unspecified atom stereocenters. The minimum absolute atomic E-state index is 0.715. The van der Waals surface area contributed by atoms with E-state index in [4.69, 9.17) is 0 Å². The number of hydrogen-bond acceptors (Lipinski definition) is 3. The molecule has 0 atom stereocenters. The third-order valence-electron chi connectivity index (χ3n) is 4.51. The van der Waals surface area contributed by atoms with Crippen LogP contribution >= 0.6 is 0 Å². The van der Waals surface area contributed by atoms with Crippen LogP contribution in [0.2, 0.25) is 0 Å². The molecule has 4 rings (SSSR count). The molecule has 20 heavy (non-hydrogen) atoms. The molecular formula is C16H22N4. The number of fused-ring (bicyclic) bond motifs is 1. The van der Waals surface area contributed by atoms with E-state index >= 15 is 0 Å². The highest BCUT2D eigenvalue weighted by Gasteiger charge is 2.24. The molecule has 1 aromatic carbocycles. The zero-order valence-electron chi connectivity index (χ0n) is 11.9. The summed E-state index contributed by atoms with van der Waals surface area (Å²) in [7, 11) is 0. The number of hydrogen-bond donors (Lipinski definition) is 1. The van der Waals surface area contributed by atoms with Gasteiger partial charge in [0.15, 0.2) is 0 Å². The van der Waals surface area contributed by atoms with Gasteiger partial charge in [0.25, 0.3) is 0 Å². The highest BCUT2D eigenvalue weighted by molar-refractivity contribution is 5.76. The van der Waals surface area contributed by atoms with E-state index in [-0.39, 0.29) is 0 Å². The molecule has 1 aliphatic carbocycles.